The van der Waals surface area contributed by atoms with Crippen molar-refractivity contribution in [2.45, 2.75) is 44.4 Å². The Kier molecular flexibility index (Phi) is 4.88. The maximum Gasteiger partial charge on any atom is 0.255 e. The van der Waals surface area contributed by atoms with Crippen LogP contribution in [0.1, 0.15) is 36.0 Å². The number of piperidine rings is 1. The molecule has 2 aromatic rings. The van der Waals surface area contributed by atoms with E-state index < -0.39 is 0 Å². The van der Waals surface area contributed by atoms with Gasteiger partial charge in [0.25, 0.3) is 5.91 Å². The second-order valence-electron chi connectivity index (χ2n) is 7.17. The number of amides is 1. The number of anilines is 1. The monoisotopic (exact) mass is 355 g/mol. The molecule has 2 aliphatic rings. The van der Waals surface area contributed by atoms with Crippen molar-refractivity contribution < 1.29 is 9.90 Å². The summed E-state index contributed by atoms with van der Waals surface area (Å²) in [7, 11) is 0. The third-order valence-corrected chi connectivity index (χ3v) is 5.32. The lowest BCUT2D eigenvalue weighted by Gasteiger charge is -2.37. The number of aliphatic hydroxyl groups excluding tert-OH is 1. The standard InChI is InChI=1S/C19H25N5O2/c25-17-13-22(14-17)18-6-5-15(12-20-18)19(26)24-10-2-1-4-16(24)7-11-23-9-3-8-21-23/h3,5-6,8-9,12,16-17,25H,1-2,4,7,10-11,13-14H2/t16-/m1/s1. The number of rotatable bonds is 5. The van der Waals surface area contributed by atoms with E-state index in [9.17, 15) is 9.90 Å². The number of aryl methyl sites for hydroxylation is 1. The van der Waals surface area contributed by atoms with Crippen LogP contribution in [0.2, 0.25) is 0 Å². The zero-order chi connectivity index (χ0) is 17.9. The molecule has 2 fully saturated rings. The molecule has 0 saturated carbocycles. The lowest BCUT2D eigenvalue weighted by atomic mass is 9.98. The van der Waals surface area contributed by atoms with Crippen molar-refractivity contribution in [2.75, 3.05) is 24.5 Å². The van der Waals surface area contributed by atoms with Crippen molar-refractivity contribution in [1.82, 2.24) is 19.7 Å². The number of nitrogens with zero attached hydrogens (tertiary/aromatic N) is 5. The summed E-state index contributed by atoms with van der Waals surface area (Å²) >= 11 is 0. The second kappa shape index (κ2) is 7.45. The molecule has 0 unspecified atom stereocenters. The van der Waals surface area contributed by atoms with Crippen molar-refractivity contribution in [3.63, 3.8) is 0 Å². The first kappa shape index (κ1) is 17.0. The molecule has 4 heterocycles. The minimum atomic E-state index is -0.262. The molecule has 26 heavy (non-hydrogen) atoms. The molecule has 0 radical (unpaired) electrons. The maximum atomic E-state index is 13.0. The number of carbonyl (C=O) groups is 1. The molecule has 0 bridgehead atoms. The normalized spacial score (nSPS) is 20.9. The lowest BCUT2D eigenvalue weighted by Crippen LogP contribution is -2.51. The summed E-state index contributed by atoms with van der Waals surface area (Å²) in [6.07, 6.45) is 9.35. The summed E-state index contributed by atoms with van der Waals surface area (Å²) in [4.78, 5) is 21.4. The molecule has 1 atom stereocenters. The Morgan fingerprint density at radius 3 is 2.85 bits per heavy atom. The summed E-state index contributed by atoms with van der Waals surface area (Å²) in [6.45, 7) is 2.86. The first-order valence-electron chi connectivity index (χ1n) is 9.38. The van der Waals surface area contributed by atoms with Crippen LogP contribution in [0, 0.1) is 0 Å². The first-order chi connectivity index (χ1) is 12.7. The average Bonchev–Trinajstić information content (AvgIpc) is 3.17. The molecular weight excluding hydrogens is 330 g/mol. The third kappa shape index (κ3) is 3.58. The Bertz CT molecular complexity index is 725. The van der Waals surface area contributed by atoms with Gasteiger partial charge in [-0.1, -0.05) is 0 Å². The molecular formula is C19H25N5O2. The van der Waals surface area contributed by atoms with Gasteiger partial charge in [0.2, 0.25) is 0 Å². The molecule has 0 aliphatic carbocycles. The van der Waals surface area contributed by atoms with Gasteiger partial charge in [0.05, 0.1) is 11.7 Å². The molecule has 2 aliphatic heterocycles. The fourth-order valence-corrected chi connectivity index (χ4v) is 3.79. The van der Waals surface area contributed by atoms with Crippen LogP contribution in [0.3, 0.4) is 0 Å². The van der Waals surface area contributed by atoms with E-state index in [1.807, 2.05) is 38.9 Å². The van der Waals surface area contributed by atoms with Crippen molar-refractivity contribution in [3.05, 3.63) is 42.4 Å². The van der Waals surface area contributed by atoms with Gasteiger partial charge in [-0.2, -0.15) is 5.10 Å². The fraction of sp³-hybridized carbons (Fsp3) is 0.526. The van der Waals surface area contributed by atoms with E-state index in [0.29, 0.717) is 18.7 Å². The topological polar surface area (TPSA) is 74.5 Å². The molecule has 7 heteroatoms. The predicted molar refractivity (Wildman–Crippen MR) is 98.0 cm³/mol. The number of hydrogen-bond donors (Lipinski definition) is 1. The number of carbonyl (C=O) groups excluding carboxylic acids is 1. The zero-order valence-corrected chi connectivity index (χ0v) is 14.9. The van der Waals surface area contributed by atoms with Gasteiger partial charge in [0.15, 0.2) is 0 Å². The highest BCUT2D eigenvalue weighted by molar-refractivity contribution is 5.94. The minimum Gasteiger partial charge on any atom is -0.389 e. The number of likely N-dealkylation sites (tertiary alicyclic amines) is 1. The molecule has 1 N–H and O–H groups in total. The third-order valence-electron chi connectivity index (χ3n) is 5.32. The summed E-state index contributed by atoms with van der Waals surface area (Å²) in [5, 5.41) is 13.7. The van der Waals surface area contributed by atoms with Crippen molar-refractivity contribution in [3.8, 4) is 0 Å². The van der Waals surface area contributed by atoms with E-state index in [4.69, 9.17) is 0 Å². The van der Waals surface area contributed by atoms with Gasteiger partial charge in [-0.25, -0.2) is 4.98 Å². The Labute approximate surface area is 153 Å². The first-order valence-corrected chi connectivity index (χ1v) is 9.38. The van der Waals surface area contributed by atoms with Crippen LogP contribution in [0.5, 0.6) is 0 Å². The summed E-state index contributed by atoms with van der Waals surface area (Å²) in [5.74, 6) is 0.888. The van der Waals surface area contributed by atoms with Gasteiger partial charge in [0, 0.05) is 50.8 Å². The van der Waals surface area contributed by atoms with Crippen LogP contribution in [-0.4, -0.2) is 62.5 Å². The lowest BCUT2D eigenvalue weighted by molar-refractivity contribution is 0.0593. The van der Waals surface area contributed by atoms with Crippen LogP contribution >= 0.6 is 0 Å². The van der Waals surface area contributed by atoms with E-state index in [2.05, 4.69) is 10.1 Å². The van der Waals surface area contributed by atoms with Crippen molar-refractivity contribution >= 4 is 11.7 Å². The van der Waals surface area contributed by atoms with Gasteiger partial charge in [-0.3, -0.25) is 9.48 Å². The van der Waals surface area contributed by atoms with Crippen LogP contribution in [0.15, 0.2) is 36.8 Å². The van der Waals surface area contributed by atoms with Gasteiger partial charge in [-0.05, 0) is 43.9 Å². The molecule has 0 spiro atoms. The van der Waals surface area contributed by atoms with E-state index in [1.165, 1.54) is 6.42 Å². The fourth-order valence-electron chi connectivity index (χ4n) is 3.79. The zero-order valence-electron chi connectivity index (χ0n) is 14.9. The van der Waals surface area contributed by atoms with Gasteiger partial charge >= 0.3 is 0 Å². The molecule has 138 valence electrons. The van der Waals surface area contributed by atoms with Crippen LogP contribution in [-0.2, 0) is 6.54 Å². The molecule has 2 saturated heterocycles. The van der Waals surface area contributed by atoms with E-state index in [0.717, 1.165) is 38.2 Å². The van der Waals surface area contributed by atoms with Crippen molar-refractivity contribution in [2.24, 2.45) is 0 Å². The average molecular weight is 355 g/mol. The number of pyridine rings is 1. The highest BCUT2D eigenvalue weighted by Gasteiger charge is 2.29. The smallest absolute Gasteiger partial charge is 0.255 e. The Morgan fingerprint density at radius 1 is 1.27 bits per heavy atom. The highest BCUT2D eigenvalue weighted by Crippen LogP contribution is 2.24. The minimum absolute atomic E-state index is 0.0675. The quantitative estimate of drug-likeness (QED) is 0.881. The summed E-state index contributed by atoms with van der Waals surface area (Å²) in [6, 6.07) is 5.91. The molecule has 4 rings (SSSR count). The second-order valence-corrected chi connectivity index (χ2v) is 7.17. The molecule has 2 aromatic heterocycles. The number of β-amino-alcohol motifs (C(OH)–C–C–N with tert-alkyl or cyclic N) is 1. The molecule has 7 nitrogen and oxygen atoms in total. The number of aromatic nitrogens is 3. The van der Waals surface area contributed by atoms with Gasteiger partial charge < -0.3 is 14.9 Å². The largest absolute Gasteiger partial charge is 0.389 e. The number of hydrogen-bond acceptors (Lipinski definition) is 5. The Hall–Kier alpha value is -2.41. The SMILES string of the molecule is O=C(c1ccc(N2CC(O)C2)nc1)N1CCCC[C@@H]1CCn1cccn1. The maximum absolute atomic E-state index is 13.0. The predicted octanol–water partition coefficient (Wildman–Crippen LogP) is 1.54. The number of aliphatic hydroxyl groups is 1. The highest BCUT2D eigenvalue weighted by atomic mass is 16.3. The Balaban J connectivity index is 1.41. The molecule has 0 aromatic carbocycles. The summed E-state index contributed by atoms with van der Waals surface area (Å²) < 4.78 is 1.93. The van der Waals surface area contributed by atoms with E-state index >= 15 is 0 Å². The molecule has 1 amide bonds. The van der Waals surface area contributed by atoms with Crippen LogP contribution in [0.25, 0.3) is 0 Å². The van der Waals surface area contributed by atoms with E-state index in [-0.39, 0.29) is 18.1 Å². The Morgan fingerprint density at radius 2 is 2.15 bits per heavy atom. The van der Waals surface area contributed by atoms with Crippen LogP contribution < -0.4 is 4.90 Å². The van der Waals surface area contributed by atoms with Gasteiger partial charge in [-0.15, -0.1) is 0 Å². The van der Waals surface area contributed by atoms with Crippen molar-refractivity contribution in [1.29, 1.82) is 0 Å². The van der Waals surface area contributed by atoms with Crippen LogP contribution in [0.4, 0.5) is 5.82 Å². The van der Waals surface area contributed by atoms with Gasteiger partial charge in [0.1, 0.15) is 5.82 Å². The summed E-state index contributed by atoms with van der Waals surface area (Å²) in [5.41, 5.74) is 0.640. The van der Waals surface area contributed by atoms with E-state index in [1.54, 1.807) is 12.4 Å².